The smallest absolute Gasteiger partial charge is 0.238 e. The molecule has 2 aromatic carbocycles. The first-order chi connectivity index (χ1) is 11.2. The Morgan fingerprint density at radius 2 is 1.83 bits per heavy atom. The number of anilines is 1. The van der Waals surface area contributed by atoms with Crippen molar-refractivity contribution in [2.45, 2.75) is 13.0 Å². The van der Waals surface area contributed by atoms with Crippen molar-refractivity contribution in [1.29, 1.82) is 0 Å². The van der Waals surface area contributed by atoms with Gasteiger partial charge in [-0.05, 0) is 24.6 Å². The van der Waals surface area contributed by atoms with E-state index >= 15 is 0 Å². The highest BCUT2D eigenvalue weighted by atomic mass is 16.6. The monoisotopic (exact) mass is 312 g/mol. The number of carbonyl (C=O) groups excluding carboxylic acids is 1. The number of benzene rings is 2. The lowest BCUT2D eigenvalue weighted by atomic mass is 10.1. The number of fused-ring (bicyclic) bond motifs is 1. The molecule has 1 aliphatic heterocycles. The topological polar surface area (TPSA) is 59.6 Å². The fraction of sp³-hybridized carbons (Fsp3) is 0.278. The molecular weight excluding hydrogens is 292 g/mol. The van der Waals surface area contributed by atoms with Crippen molar-refractivity contribution < 1.29 is 14.3 Å². The molecule has 1 atom stereocenters. The molecule has 1 heterocycles. The molecule has 2 aromatic rings. The van der Waals surface area contributed by atoms with Gasteiger partial charge < -0.3 is 20.1 Å². The van der Waals surface area contributed by atoms with Crippen LogP contribution in [0.3, 0.4) is 0 Å². The molecule has 1 amide bonds. The Labute approximate surface area is 135 Å². The van der Waals surface area contributed by atoms with Crippen molar-refractivity contribution in [2.24, 2.45) is 0 Å². The molecule has 0 bridgehead atoms. The Kier molecular flexibility index (Phi) is 4.78. The van der Waals surface area contributed by atoms with E-state index in [0.29, 0.717) is 30.4 Å². The van der Waals surface area contributed by atoms with Crippen LogP contribution in [-0.2, 0) is 4.79 Å². The van der Waals surface area contributed by atoms with Gasteiger partial charge >= 0.3 is 0 Å². The molecule has 5 nitrogen and oxygen atoms in total. The first kappa shape index (κ1) is 15.4. The molecule has 0 fully saturated rings. The standard InChI is InChI=1S/C18H20N2O3/c1-13(14-5-3-2-4-6-14)19-12-18(21)20-15-7-8-16-17(11-15)23-10-9-22-16/h2-8,11,13,19H,9-10,12H2,1H3,(H,20,21). The summed E-state index contributed by atoms with van der Waals surface area (Å²) in [5.74, 6) is 1.29. The van der Waals surface area contributed by atoms with Crippen molar-refractivity contribution >= 4 is 11.6 Å². The van der Waals surface area contributed by atoms with E-state index in [0.717, 1.165) is 5.56 Å². The molecular formula is C18H20N2O3. The van der Waals surface area contributed by atoms with Gasteiger partial charge in [0.25, 0.3) is 0 Å². The minimum absolute atomic E-state index is 0.0931. The SMILES string of the molecule is CC(NCC(=O)Nc1ccc2c(c1)OCCO2)c1ccccc1. The summed E-state index contributed by atoms with van der Waals surface area (Å²) in [5.41, 5.74) is 1.85. The lowest BCUT2D eigenvalue weighted by Crippen LogP contribution is -2.30. The van der Waals surface area contributed by atoms with Gasteiger partial charge in [-0.1, -0.05) is 30.3 Å². The maximum absolute atomic E-state index is 12.1. The van der Waals surface area contributed by atoms with Crippen LogP contribution in [0, 0.1) is 0 Å². The van der Waals surface area contributed by atoms with E-state index in [-0.39, 0.29) is 18.5 Å². The maximum atomic E-state index is 12.1. The van der Waals surface area contributed by atoms with E-state index in [1.54, 1.807) is 6.07 Å². The van der Waals surface area contributed by atoms with Crippen LogP contribution < -0.4 is 20.1 Å². The van der Waals surface area contributed by atoms with Crippen LogP contribution in [0.25, 0.3) is 0 Å². The average Bonchev–Trinajstić information content (AvgIpc) is 2.60. The fourth-order valence-electron chi connectivity index (χ4n) is 2.43. The number of amides is 1. The zero-order valence-corrected chi connectivity index (χ0v) is 13.0. The van der Waals surface area contributed by atoms with Gasteiger partial charge in [0, 0.05) is 17.8 Å². The molecule has 1 aliphatic rings. The van der Waals surface area contributed by atoms with E-state index in [9.17, 15) is 4.79 Å². The summed E-state index contributed by atoms with van der Waals surface area (Å²) in [6.07, 6.45) is 0. The lowest BCUT2D eigenvalue weighted by molar-refractivity contribution is -0.115. The van der Waals surface area contributed by atoms with Gasteiger partial charge in [0.15, 0.2) is 11.5 Å². The Hall–Kier alpha value is -2.53. The van der Waals surface area contributed by atoms with Gasteiger partial charge in [0.2, 0.25) is 5.91 Å². The second kappa shape index (κ2) is 7.15. The molecule has 0 radical (unpaired) electrons. The minimum Gasteiger partial charge on any atom is -0.486 e. The van der Waals surface area contributed by atoms with Crippen molar-refractivity contribution in [3.05, 3.63) is 54.1 Å². The molecule has 5 heteroatoms. The Balaban J connectivity index is 1.53. The quantitative estimate of drug-likeness (QED) is 0.891. The first-order valence-electron chi connectivity index (χ1n) is 7.70. The number of carbonyl (C=O) groups is 1. The number of nitrogens with one attached hydrogen (secondary N) is 2. The molecule has 0 spiro atoms. The molecule has 0 aromatic heterocycles. The largest absolute Gasteiger partial charge is 0.486 e. The predicted molar refractivity (Wildman–Crippen MR) is 88.9 cm³/mol. The molecule has 23 heavy (non-hydrogen) atoms. The summed E-state index contributed by atoms with van der Waals surface area (Å²) in [6.45, 7) is 3.36. The Morgan fingerprint density at radius 3 is 2.61 bits per heavy atom. The molecule has 2 N–H and O–H groups in total. The fourth-order valence-corrected chi connectivity index (χ4v) is 2.43. The van der Waals surface area contributed by atoms with Crippen molar-refractivity contribution in [2.75, 3.05) is 25.1 Å². The van der Waals surface area contributed by atoms with E-state index in [1.807, 2.05) is 49.4 Å². The van der Waals surface area contributed by atoms with Crippen LogP contribution in [-0.4, -0.2) is 25.7 Å². The summed E-state index contributed by atoms with van der Waals surface area (Å²) in [5, 5.41) is 6.08. The Bertz CT molecular complexity index is 673. The highest BCUT2D eigenvalue weighted by molar-refractivity contribution is 5.92. The molecule has 0 aliphatic carbocycles. The minimum atomic E-state index is -0.0931. The normalized spacial score (nSPS) is 14.1. The molecule has 0 saturated carbocycles. The summed E-state index contributed by atoms with van der Waals surface area (Å²) >= 11 is 0. The average molecular weight is 312 g/mol. The second-order valence-electron chi connectivity index (χ2n) is 5.42. The highest BCUT2D eigenvalue weighted by Gasteiger charge is 2.13. The van der Waals surface area contributed by atoms with Crippen LogP contribution in [0.2, 0.25) is 0 Å². The third kappa shape index (κ3) is 4.02. The zero-order valence-electron chi connectivity index (χ0n) is 13.0. The van der Waals surface area contributed by atoms with Gasteiger partial charge in [-0.15, -0.1) is 0 Å². The van der Waals surface area contributed by atoms with Crippen LogP contribution >= 0.6 is 0 Å². The summed E-state index contributed by atoms with van der Waals surface area (Å²) < 4.78 is 11.0. The van der Waals surface area contributed by atoms with Crippen molar-refractivity contribution in [1.82, 2.24) is 5.32 Å². The molecule has 120 valence electrons. The summed E-state index contributed by atoms with van der Waals surface area (Å²) in [4.78, 5) is 12.1. The van der Waals surface area contributed by atoms with Crippen LogP contribution in [0.4, 0.5) is 5.69 Å². The van der Waals surface area contributed by atoms with E-state index in [2.05, 4.69) is 10.6 Å². The summed E-state index contributed by atoms with van der Waals surface area (Å²) in [6, 6.07) is 15.5. The van der Waals surface area contributed by atoms with Crippen LogP contribution in [0.5, 0.6) is 11.5 Å². The van der Waals surface area contributed by atoms with E-state index < -0.39 is 0 Å². The first-order valence-corrected chi connectivity index (χ1v) is 7.70. The Morgan fingerprint density at radius 1 is 1.09 bits per heavy atom. The lowest BCUT2D eigenvalue weighted by Gasteiger charge is -2.19. The van der Waals surface area contributed by atoms with Gasteiger partial charge in [-0.3, -0.25) is 4.79 Å². The zero-order chi connectivity index (χ0) is 16.1. The third-order valence-corrected chi connectivity index (χ3v) is 3.69. The highest BCUT2D eigenvalue weighted by Crippen LogP contribution is 2.32. The maximum Gasteiger partial charge on any atom is 0.238 e. The van der Waals surface area contributed by atoms with Crippen LogP contribution in [0.1, 0.15) is 18.5 Å². The van der Waals surface area contributed by atoms with Gasteiger partial charge in [-0.25, -0.2) is 0 Å². The summed E-state index contributed by atoms with van der Waals surface area (Å²) in [7, 11) is 0. The van der Waals surface area contributed by atoms with Crippen molar-refractivity contribution in [3.8, 4) is 11.5 Å². The van der Waals surface area contributed by atoms with E-state index in [1.165, 1.54) is 0 Å². The number of hydrogen-bond acceptors (Lipinski definition) is 4. The third-order valence-electron chi connectivity index (χ3n) is 3.69. The molecule has 3 rings (SSSR count). The van der Waals surface area contributed by atoms with Gasteiger partial charge in [-0.2, -0.15) is 0 Å². The van der Waals surface area contributed by atoms with E-state index in [4.69, 9.17) is 9.47 Å². The molecule has 0 saturated heterocycles. The predicted octanol–water partition coefficient (Wildman–Crippen LogP) is 2.75. The molecule has 1 unspecified atom stereocenters. The second-order valence-corrected chi connectivity index (χ2v) is 5.42. The van der Waals surface area contributed by atoms with Crippen molar-refractivity contribution in [3.63, 3.8) is 0 Å². The number of rotatable bonds is 5. The van der Waals surface area contributed by atoms with Gasteiger partial charge in [0.05, 0.1) is 6.54 Å². The number of hydrogen-bond donors (Lipinski definition) is 2. The van der Waals surface area contributed by atoms with Crippen LogP contribution in [0.15, 0.2) is 48.5 Å². The van der Waals surface area contributed by atoms with Gasteiger partial charge in [0.1, 0.15) is 13.2 Å². The number of ether oxygens (including phenoxy) is 2.